The predicted molar refractivity (Wildman–Crippen MR) is 185 cm³/mol. The van der Waals surface area contributed by atoms with Crippen molar-refractivity contribution in [3.8, 4) is 34.0 Å². The zero-order valence-corrected chi connectivity index (χ0v) is 27.3. The summed E-state index contributed by atoms with van der Waals surface area (Å²) < 4.78 is 13.2. The molecule has 6 rings (SSSR count). The average Bonchev–Trinajstić information content (AvgIpc) is 3.61. The highest BCUT2D eigenvalue weighted by Gasteiger charge is 2.32. The van der Waals surface area contributed by atoms with Crippen LogP contribution in [-0.2, 0) is 6.61 Å². The number of aryl methyl sites for hydroxylation is 2. The Hall–Kier alpha value is -4.77. The van der Waals surface area contributed by atoms with Crippen molar-refractivity contribution in [3.63, 3.8) is 0 Å². The first-order chi connectivity index (χ1) is 21.8. The molecule has 4 aromatic carbocycles. The fourth-order valence-corrected chi connectivity index (χ4v) is 6.33. The van der Waals surface area contributed by atoms with Crippen LogP contribution in [0.2, 0.25) is 0 Å². The van der Waals surface area contributed by atoms with Crippen LogP contribution in [0.5, 0.6) is 11.5 Å². The normalized spacial score (nSPS) is 11.2. The van der Waals surface area contributed by atoms with Gasteiger partial charge in [0.05, 0.1) is 32.7 Å². The van der Waals surface area contributed by atoms with Gasteiger partial charge in [-0.1, -0.05) is 90.0 Å². The maximum absolute atomic E-state index is 13.7. The van der Waals surface area contributed by atoms with Crippen molar-refractivity contribution in [3.05, 3.63) is 149 Å². The molecule has 0 aliphatic heterocycles. The third-order valence-corrected chi connectivity index (χ3v) is 8.58. The van der Waals surface area contributed by atoms with Crippen molar-refractivity contribution in [2.24, 2.45) is 0 Å². The summed E-state index contributed by atoms with van der Waals surface area (Å²) in [5.41, 5.74) is 7.02. The van der Waals surface area contributed by atoms with E-state index in [0.717, 1.165) is 31.4 Å². The summed E-state index contributed by atoms with van der Waals surface area (Å²) in [6.45, 7) is 6.71. The first-order valence-corrected chi connectivity index (χ1v) is 15.8. The van der Waals surface area contributed by atoms with Crippen LogP contribution >= 0.6 is 22.6 Å². The molecule has 0 atom stereocenters. The molecule has 0 unspecified atom stereocenters. The molecule has 45 heavy (non-hydrogen) atoms. The minimum atomic E-state index is -0.765. The van der Waals surface area contributed by atoms with Gasteiger partial charge in [-0.05, 0) is 77.7 Å². The topological polar surface area (TPSA) is 116 Å². The highest BCUT2D eigenvalue weighted by molar-refractivity contribution is 14.1. The minimum Gasteiger partial charge on any atom is -0.490 e. The van der Waals surface area contributed by atoms with Crippen LogP contribution in [0.1, 0.15) is 46.2 Å². The van der Waals surface area contributed by atoms with Crippen LogP contribution < -0.4 is 20.6 Å². The molecule has 0 aliphatic rings. The van der Waals surface area contributed by atoms with Crippen LogP contribution in [0.15, 0.2) is 101 Å². The van der Waals surface area contributed by atoms with E-state index in [2.05, 4.69) is 43.0 Å². The van der Waals surface area contributed by atoms with Crippen molar-refractivity contribution >= 4 is 22.6 Å². The molecule has 9 heteroatoms. The van der Waals surface area contributed by atoms with Crippen LogP contribution in [0, 0.1) is 17.4 Å². The van der Waals surface area contributed by atoms with Crippen molar-refractivity contribution in [2.75, 3.05) is 6.61 Å². The maximum Gasteiger partial charge on any atom is 0.268 e. The molecule has 2 aromatic heterocycles. The van der Waals surface area contributed by atoms with Crippen molar-refractivity contribution in [1.82, 2.24) is 20.4 Å². The molecule has 0 radical (unpaired) electrons. The van der Waals surface area contributed by atoms with Crippen LogP contribution in [0.3, 0.4) is 0 Å². The van der Waals surface area contributed by atoms with Crippen LogP contribution in [0.4, 0.5) is 0 Å². The third kappa shape index (κ3) is 6.26. The molecular formula is C36H33IN4O4. The van der Waals surface area contributed by atoms with Gasteiger partial charge in [0.2, 0.25) is 0 Å². The number of aromatic nitrogens is 4. The largest absolute Gasteiger partial charge is 0.490 e. The minimum absolute atomic E-state index is 0.316. The summed E-state index contributed by atoms with van der Waals surface area (Å²) in [6, 6.07) is 29.6. The Balaban J connectivity index is 1.57. The van der Waals surface area contributed by atoms with Crippen LogP contribution in [-0.4, -0.2) is 27.0 Å². The molecule has 4 N–H and O–H groups in total. The Morgan fingerprint density at radius 2 is 1.22 bits per heavy atom. The van der Waals surface area contributed by atoms with Gasteiger partial charge in [0.25, 0.3) is 11.1 Å². The van der Waals surface area contributed by atoms with Gasteiger partial charge in [-0.3, -0.25) is 30.0 Å². The molecule has 2 heterocycles. The lowest BCUT2D eigenvalue weighted by molar-refractivity contribution is 0.267. The van der Waals surface area contributed by atoms with E-state index in [0.29, 0.717) is 52.8 Å². The summed E-state index contributed by atoms with van der Waals surface area (Å²) in [6.07, 6.45) is 0. The van der Waals surface area contributed by atoms with E-state index in [-0.39, 0.29) is 11.1 Å². The Labute approximate surface area is 274 Å². The average molecular weight is 713 g/mol. The first kappa shape index (κ1) is 30.3. The van der Waals surface area contributed by atoms with Gasteiger partial charge in [-0.25, -0.2) is 0 Å². The number of benzene rings is 4. The molecule has 0 bridgehead atoms. The second-order valence-electron chi connectivity index (χ2n) is 10.9. The van der Waals surface area contributed by atoms with Gasteiger partial charge in [-0.2, -0.15) is 0 Å². The summed E-state index contributed by atoms with van der Waals surface area (Å²) in [5.74, 6) is 0.374. The molecule has 0 saturated heterocycles. The van der Waals surface area contributed by atoms with E-state index in [1.54, 1.807) is 0 Å². The smallest absolute Gasteiger partial charge is 0.268 e. The molecule has 0 amide bonds. The highest BCUT2D eigenvalue weighted by Crippen LogP contribution is 2.43. The van der Waals surface area contributed by atoms with Gasteiger partial charge < -0.3 is 9.47 Å². The van der Waals surface area contributed by atoms with Crippen molar-refractivity contribution in [1.29, 1.82) is 0 Å². The second-order valence-corrected chi connectivity index (χ2v) is 12.1. The fourth-order valence-electron chi connectivity index (χ4n) is 5.55. The summed E-state index contributed by atoms with van der Waals surface area (Å²) >= 11 is 2.24. The quantitative estimate of drug-likeness (QED) is 0.111. The first-order valence-electron chi connectivity index (χ1n) is 14.7. The Morgan fingerprint density at radius 1 is 0.689 bits per heavy atom. The molecule has 0 aliphatic carbocycles. The number of rotatable bonds is 10. The number of hydrogen-bond donors (Lipinski definition) is 4. The number of ether oxygens (including phenoxy) is 2. The number of H-pyrrole nitrogens is 4. The molecule has 8 nitrogen and oxygen atoms in total. The van der Waals surface area contributed by atoms with E-state index in [1.165, 1.54) is 0 Å². The highest BCUT2D eigenvalue weighted by atomic mass is 127. The predicted octanol–water partition coefficient (Wildman–Crippen LogP) is 7.43. The van der Waals surface area contributed by atoms with Gasteiger partial charge in [0.1, 0.15) is 6.61 Å². The molecule has 0 fully saturated rings. The lowest BCUT2D eigenvalue weighted by Crippen LogP contribution is -2.20. The van der Waals surface area contributed by atoms with E-state index >= 15 is 0 Å². The molecular weight excluding hydrogens is 679 g/mol. The van der Waals surface area contributed by atoms with E-state index in [4.69, 9.17) is 9.47 Å². The van der Waals surface area contributed by atoms with Crippen molar-refractivity contribution < 1.29 is 9.47 Å². The third-order valence-electron chi connectivity index (χ3n) is 7.78. The number of halogens is 1. The summed E-state index contributed by atoms with van der Waals surface area (Å²) in [4.78, 5) is 27.5. The van der Waals surface area contributed by atoms with Crippen molar-refractivity contribution in [2.45, 2.75) is 33.3 Å². The zero-order chi connectivity index (χ0) is 31.5. The SMILES string of the molecule is CCOc1cc(C(c2c(-c3ccc(C)cc3)[nH][nH]c2=O)c2c(-c3ccc(C)cc3)[nH][nH]c2=O)cc(I)c1OCc1ccccc1. The summed E-state index contributed by atoms with van der Waals surface area (Å²) in [7, 11) is 0. The fraction of sp³-hybridized carbons (Fsp3) is 0.167. The van der Waals surface area contributed by atoms with Crippen LogP contribution in [0.25, 0.3) is 22.5 Å². The Bertz CT molecular complexity index is 1940. The molecule has 0 spiro atoms. The molecule has 228 valence electrons. The lowest BCUT2D eigenvalue weighted by atomic mass is 9.83. The molecule has 0 saturated carbocycles. The number of aromatic amines is 4. The lowest BCUT2D eigenvalue weighted by Gasteiger charge is -2.21. The second kappa shape index (κ2) is 13.1. The maximum atomic E-state index is 13.7. The van der Waals surface area contributed by atoms with Gasteiger partial charge in [0.15, 0.2) is 11.5 Å². The number of hydrogen-bond acceptors (Lipinski definition) is 4. The summed E-state index contributed by atoms with van der Waals surface area (Å²) in [5, 5.41) is 11.8. The Morgan fingerprint density at radius 3 is 1.73 bits per heavy atom. The Kier molecular flexibility index (Phi) is 8.79. The van der Waals surface area contributed by atoms with E-state index in [1.807, 2.05) is 112 Å². The standard InChI is InChI=1S/C36H33IN4O4/c1-4-44-28-19-26(18-27(37)34(28)45-20-23-8-6-5-7-9-23)29(30-32(38-40-35(30)42)24-14-10-21(2)11-15-24)31-33(39-41-36(31)43)25-16-12-22(3)13-17-25/h5-19,29H,4,20H2,1-3H3,(H2,38,40,42)(H2,39,41,43). The van der Waals surface area contributed by atoms with E-state index in [9.17, 15) is 9.59 Å². The van der Waals surface area contributed by atoms with E-state index < -0.39 is 5.92 Å². The van der Waals surface area contributed by atoms with Gasteiger partial charge in [0, 0.05) is 5.92 Å². The van der Waals surface area contributed by atoms with Gasteiger partial charge in [-0.15, -0.1) is 0 Å². The van der Waals surface area contributed by atoms with Gasteiger partial charge >= 0.3 is 0 Å². The molecule has 6 aromatic rings. The monoisotopic (exact) mass is 712 g/mol. The zero-order valence-electron chi connectivity index (χ0n) is 25.2. The number of nitrogens with one attached hydrogen (secondary N) is 4.